The molecule has 4 aliphatic rings. The van der Waals surface area contributed by atoms with Gasteiger partial charge in [0.1, 0.15) is 16.7 Å². The summed E-state index contributed by atoms with van der Waals surface area (Å²) < 4.78 is 15.1. The molecule has 0 aliphatic carbocycles. The number of fused-ring (bicyclic) bond motifs is 16. The maximum absolute atomic E-state index is 7.80. The number of anilines is 10. The van der Waals surface area contributed by atoms with Crippen molar-refractivity contribution in [3.8, 4) is 111 Å². The molecule has 22 aromatic rings. The van der Waals surface area contributed by atoms with E-state index in [2.05, 4.69) is 524 Å². The normalized spacial score (nSPS) is 13.1. The first kappa shape index (κ1) is 83.9. The van der Waals surface area contributed by atoms with E-state index < -0.39 is 0 Å². The Balaban J connectivity index is 0.607. The van der Waals surface area contributed by atoms with Crippen LogP contribution in [0.2, 0.25) is 0 Å². The van der Waals surface area contributed by atoms with Crippen LogP contribution in [0.4, 0.5) is 56.9 Å². The van der Waals surface area contributed by atoms with Gasteiger partial charge in [-0.1, -0.05) is 389 Å². The van der Waals surface area contributed by atoms with Crippen molar-refractivity contribution < 1.29 is 8.83 Å². The molecule has 20 aromatic carbocycles. The number of furan rings is 2. The lowest BCUT2D eigenvalue weighted by Crippen LogP contribution is -2.61. The Morgan fingerprint density at radius 1 is 0.229 bits per heavy atom. The third-order valence-corrected chi connectivity index (χ3v) is 30.1. The lowest BCUT2D eigenvalue weighted by molar-refractivity contribution is 0.523. The molecule has 0 unspecified atom stereocenters. The second-order valence-corrected chi connectivity index (χ2v) is 41.2. The molecule has 0 amide bonds. The van der Waals surface area contributed by atoms with Crippen LogP contribution in [-0.2, 0) is 22.7 Å². The Bertz CT molecular complexity index is 8680. The third kappa shape index (κ3) is 14.1. The van der Waals surface area contributed by atoms with Crippen LogP contribution in [0, 0.1) is 0 Å². The maximum atomic E-state index is 7.80. The SMILES string of the molecule is CC(C)(C)c1ccc(-c2ccc3c(c2)-c2cc4c(oc5ccc(C(C)(C)Cc6ccc(-c7ccc(N8B9c%10ccc(-c%11ccccc%11)cc%10N(c%10cccc(-c%11ccccc%11)c%10)c%10cc%11c(oc%12ccccc%12%11)c(c%109)-c9cc(-c%10ccccc%10)ccc98)cc7)cc6)cc54)c4c2B(c2ccc(-c5ccccc5)cc2N4c2cccc(-c4ccccc4)c2)N3c2ccc(C(C)(C)C)cc2-c2ccccc2)cc1. The van der Waals surface area contributed by atoms with E-state index in [1.54, 1.807) is 0 Å². The van der Waals surface area contributed by atoms with Crippen molar-refractivity contribution in [2.45, 2.75) is 78.1 Å². The maximum Gasteiger partial charge on any atom is 0.333 e. The summed E-state index contributed by atoms with van der Waals surface area (Å²) in [6.45, 7) is 18.1. The van der Waals surface area contributed by atoms with Crippen LogP contribution in [0.15, 0.2) is 458 Å². The summed E-state index contributed by atoms with van der Waals surface area (Å²) in [5, 5.41) is 4.32. The van der Waals surface area contributed by atoms with Gasteiger partial charge in [0.2, 0.25) is 0 Å². The fraction of sp³-hybridized carbons (Fsp3) is 0.0909. The van der Waals surface area contributed by atoms with E-state index in [-0.39, 0.29) is 29.9 Å². The zero-order chi connectivity index (χ0) is 94.0. The molecule has 4 aliphatic heterocycles. The van der Waals surface area contributed by atoms with Crippen molar-refractivity contribution in [3.05, 3.63) is 471 Å². The van der Waals surface area contributed by atoms with E-state index in [0.717, 1.165) is 196 Å². The van der Waals surface area contributed by atoms with Gasteiger partial charge in [0.15, 0.2) is 5.58 Å². The molecule has 2 aromatic heterocycles. The minimum Gasteiger partial charge on any atom is -0.455 e. The Morgan fingerprint density at radius 2 is 0.636 bits per heavy atom. The van der Waals surface area contributed by atoms with Gasteiger partial charge < -0.3 is 28.3 Å². The van der Waals surface area contributed by atoms with Gasteiger partial charge in [-0.25, -0.2) is 0 Å². The molecule has 26 rings (SSSR count). The number of hydrogen-bond donors (Lipinski definition) is 0. The highest BCUT2D eigenvalue weighted by Gasteiger charge is 2.50. The first-order valence-corrected chi connectivity index (χ1v) is 49.2. The second-order valence-electron chi connectivity index (χ2n) is 41.2. The van der Waals surface area contributed by atoms with Crippen molar-refractivity contribution in [2.75, 3.05) is 19.4 Å². The summed E-state index contributed by atoms with van der Waals surface area (Å²) in [6, 6.07) is 168. The summed E-state index contributed by atoms with van der Waals surface area (Å²) in [5.74, 6) is 0. The molecular formula is C132H100B2N4O2. The van der Waals surface area contributed by atoms with Gasteiger partial charge in [0, 0.05) is 95.0 Å². The molecule has 6 nitrogen and oxygen atoms in total. The summed E-state index contributed by atoms with van der Waals surface area (Å²) in [5.41, 5.74) is 46.8. The Labute approximate surface area is 819 Å². The van der Waals surface area contributed by atoms with Gasteiger partial charge >= 0.3 is 13.7 Å². The molecule has 0 N–H and O–H groups in total. The van der Waals surface area contributed by atoms with Crippen LogP contribution in [0.1, 0.15) is 77.6 Å². The minimum absolute atomic E-state index is 0.00932. The average Bonchev–Trinajstić information content (AvgIpc) is 1.23. The molecule has 0 fully saturated rings. The highest BCUT2D eigenvalue weighted by molar-refractivity contribution is 6.95. The van der Waals surface area contributed by atoms with E-state index in [4.69, 9.17) is 8.83 Å². The number of para-hydroxylation sites is 1. The first-order chi connectivity index (χ1) is 68.4. The van der Waals surface area contributed by atoms with Gasteiger partial charge in [0.05, 0.1) is 5.69 Å². The summed E-state index contributed by atoms with van der Waals surface area (Å²) in [6.07, 6.45) is 0.794. The smallest absolute Gasteiger partial charge is 0.333 e. The third-order valence-electron chi connectivity index (χ3n) is 30.1. The number of nitrogens with zero attached hydrogens (tertiary/aromatic N) is 4. The van der Waals surface area contributed by atoms with E-state index in [1.807, 2.05) is 0 Å². The second kappa shape index (κ2) is 32.8. The van der Waals surface area contributed by atoms with Crippen LogP contribution in [0.25, 0.3) is 155 Å². The molecule has 8 heteroatoms. The molecule has 0 spiro atoms. The predicted molar refractivity (Wildman–Crippen MR) is 593 cm³/mol. The van der Waals surface area contributed by atoms with E-state index >= 15 is 0 Å². The Morgan fingerprint density at radius 3 is 1.21 bits per heavy atom. The van der Waals surface area contributed by atoms with Crippen molar-refractivity contribution in [1.29, 1.82) is 0 Å². The minimum atomic E-state index is -0.334. The lowest BCUT2D eigenvalue weighted by Gasteiger charge is -2.46. The topological polar surface area (TPSA) is 39.2 Å². The van der Waals surface area contributed by atoms with Gasteiger partial charge in [-0.15, -0.1) is 0 Å². The Hall–Kier alpha value is -16.7. The average molecular weight is 1800 g/mol. The number of hydrogen-bond acceptors (Lipinski definition) is 6. The van der Waals surface area contributed by atoms with Crippen molar-refractivity contribution in [2.24, 2.45) is 0 Å². The fourth-order valence-electron chi connectivity index (χ4n) is 22.9. The summed E-state index contributed by atoms with van der Waals surface area (Å²) in [7, 11) is 0. The highest BCUT2D eigenvalue weighted by atomic mass is 16.3. The summed E-state index contributed by atoms with van der Waals surface area (Å²) >= 11 is 0. The molecule has 0 saturated heterocycles. The standard InChI is InChI=1S/C132H100B2N4O2/c1-130(2,3)100-61-53-92(54-62-100)96-59-69-117-108(75-96)110-81-111-109-80-102(64-72-123(109)140-129(111)127-125(110)133(138(117)116-71-63-101(131(4,5)6)79-107(116)93-41-25-14-26-42-93)115-68-58-99(89-39-23-13-24-40-89)78-120(115)136(127)105-46-30-44-95(74-105)86-33-17-10-18-34-86)132(7,8)83-84-49-51-90(52-50-84)91-55-65-103(66-56-91)137-118-70-60-97(87-35-19-11-20-36-87)76-113(118)124-126-121(82-112-106-47-27-28-48-122(106)139-128(112)124)135(104-45-29-43-94(73-104)85-31-15-9-16-32-85)119-77-98(57-67-114(119)134(126)137)88-37-21-12-22-38-88/h9-82H,83H2,1-8H3. The van der Waals surface area contributed by atoms with Gasteiger partial charge in [-0.3, -0.25) is 0 Å². The van der Waals surface area contributed by atoms with Gasteiger partial charge in [-0.2, -0.15) is 0 Å². The van der Waals surface area contributed by atoms with Crippen LogP contribution in [-0.4, -0.2) is 13.7 Å². The molecule has 140 heavy (non-hydrogen) atoms. The zero-order valence-electron chi connectivity index (χ0n) is 79.7. The molecule has 0 radical (unpaired) electrons. The molecule has 666 valence electrons. The largest absolute Gasteiger partial charge is 0.455 e. The van der Waals surface area contributed by atoms with Crippen LogP contribution < -0.4 is 41.3 Å². The monoisotopic (exact) mass is 1790 g/mol. The van der Waals surface area contributed by atoms with Crippen LogP contribution in [0.5, 0.6) is 0 Å². The van der Waals surface area contributed by atoms with Crippen LogP contribution >= 0.6 is 0 Å². The Kier molecular flexibility index (Phi) is 19.6. The van der Waals surface area contributed by atoms with Crippen molar-refractivity contribution in [1.82, 2.24) is 0 Å². The van der Waals surface area contributed by atoms with E-state index in [9.17, 15) is 0 Å². The molecule has 6 heterocycles. The van der Waals surface area contributed by atoms with Crippen molar-refractivity contribution >= 4 is 136 Å². The predicted octanol–water partition coefficient (Wildman–Crippen LogP) is 33.4. The van der Waals surface area contributed by atoms with Gasteiger partial charge in [0.25, 0.3) is 0 Å². The zero-order valence-corrected chi connectivity index (χ0v) is 79.7. The van der Waals surface area contributed by atoms with Gasteiger partial charge in [-0.05, 0) is 271 Å². The number of rotatable bonds is 15. The molecule has 0 atom stereocenters. The first-order valence-electron chi connectivity index (χ1n) is 49.2. The van der Waals surface area contributed by atoms with E-state index in [1.165, 1.54) is 66.4 Å². The van der Waals surface area contributed by atoms with Crippen molar-refractivity contribution in [3.63, 3.8) is 0 Å². The quantitative estimate of drug-likeness (QED) is 0.0953. The fourth-order valence-corrected chi connectivity index (χ4v) is 22.9. The number of benzene rings is 20. The molecule has 0 saturated carbocycles. The summed E-state index contributed by atoms with van der Waals surface area (Å²) in [4.78, 5) is 10.4. The van der Waals surface area contributed by atoms with Crippen LogP contribution in [0.3, 0.4) is 0 Å². The lowest BCUT2D eigenvalue weighted by atomic mass is 9.43. The van der Waals surface area contributed by atoms with E-state index in [0.29, 0.717) is 0 Å². The highest BCUT2D eigenvalue weighted by Crippen LogP contribution is 2.57. The molecule has 0 bridgehead atoms. The molecular weight excluding hydrogens is 1700 g/mol.